The lowest BCUT2D eigenvalue weighted by atomic mass is 10.0. The van der Waals surface area contributed by atoms with Gasteiger partial charge in [-0.1, -0.05) is 60.7 Å². The van der Waals surface area contributed by atoms with Crippen LogP contribution < -0.4 is 5.48 Å². The summed E-state index contributed by atoms with van der Waals surface area (Å²) in [5, 5.41) is 9.32. The van der Waals surface area contributed by atoms with Crippen molar-refractivity contribution in [2.45, 2.75) is 5.25 Å². The topological polar surface area (TPSA) is 69.6 Å². The molecule has 2 aromatic carbocycles. The number of hydrogen-bond acceptors (Lipinski definition) is 3. The Morgan fingerprint density at radius 1 is 1.00 bits per heavy atom. The first kappa shape index (κ1) is 14.5. The maximum atomic E-state index is 11.2. The summed E-state index contributed by atoms with van der Waals surface area (Å²) in [7, 11) is -1.34. The zero-order valence-corrected chi connectivity index (χ0v) is 11.5. The van der Waals surface area contributed by atoms with Gasteiger partial charge in [0.25, 0.3) is 5.91 Å². The zero-order chi connectivity index (χ0) is 14.4. The third kappa shape index (κ3) is 3.54. The molecule has 0 aromatic heterocycles. The maximum Gasteiger partial charge on any atom is 0.275 e. The van der Waals surface area contributed by atoms with E-state index in [9.17, 15) is 9.35 Å². The Labute approximate surface area is 119 Å². The zero-order valence-electron chi connectivity index (χ0n) is 10.6. The molecular weight excluding hydrogens is 274 g/mol. The number of rotatable bonds is 4. The van der Waals surface area contributed by atoms with Gasteiger partial charge in [0.1, 0.15) is 0 Å². The van der Waals surface area contributed by atoms with Crippen molar-refractivity contribution in [2.24, 2.45) is 0 Å². The van der Waals surface area contributed by atoms with Gasteiger partial charge in [-0.2, -0.15) is 0 Å². The van der Waals surface area contributed by atoms with Crippen LogP contribution in [0.3, 0.4) is 0 Å². The van der Waals surface area contributed by atoms with Crippen LogP contribution in [0.15, 0.2) is 60.7 Å². The quantitative estimate of drug-likeness (QED) is 0.460. The maximum absolute atomic E-state index is 11.2. The highest BCUT2D eigenvalue weighted by Crippen LogP contribution is 2.37. The van der Waals surface area contributed by atoms with Crippen LogP contribution in [0.1, 0.15) is 16.4 Å². The standard InChI is InChI=1S/C15H15NO3S/c17-14(16-18)11-20(19)15(12-7-3-1-4-8-12)13-9-5-2-6-10-13/h1-11,15,18-19H,(H,16,17). The van der Waals surface area contributed by atoms with E-state index in [1.807, 2.05) is 60.7 Å². The molecule has 0 spiro atoms. The van der Waals surface area contributed by atoms with Gasteiger partial charge in [-0.3, -0.25) is 10.0 Å². The van der Waals surface area contributed by atoms with Gasteiger partial charge in [0.2, 0.25) is 0 Å². The summed E-state index contributed by atoms with van der Waals surface area (Å²) >= 11 is 0. The predicted octanol–water partition coefficient (Wildman–Crippen LogP) is 2.83. The van der Waals surface area contributed by atoms with Gasteiger partial charge in [-0.15, -0.1) is 0 Å². The summed E-state index contributed by atoms with van der Waals surface area (Å²) in [5.74, 6) is -0.715. The molecule has 1 atom stereocenters. The molecule has 2 aromatic rings. The Kier molecular flexibility index (Phi) is 5.06. The highest BCUT2D eigenvalue weighted by atomic mass is 32.2. The molecule has 0 radical (unpaired) electrons. The molecule has 0 saturated heterocycles. The number of carbonyl (C=O) groups excluding carboxylic acids is 1. The van der Waals surface area contributed by atoms with E-state index < -0.39 is 16.7 Å². The minimum Gasteiger partial charge on any atom is -0.336 e. The molecule has 104 valence electrons. The number of benzene rings is 2. The van der Waals surface area contributed by atoms with Crippen molar-refractivity contribution in [3.05, 3.63) is 71.8 Å². The van der Waals surface area contributed by atoms with Crippen LogP contribution in [0.5, 0.6) is 0 Å². The summed E-state index contributed by atoms with van der Waals surface area (Å²) in [5.41, 5.74) is 3.32. The molecule has 20 heavy (non-hydrogen) atoms. The molecule has 4 nitrogen and oxygen atoms in total. The summed E-state index contributed by atoms with van der Waals surface area (Å²) in [6.07, 6.45) is 0. The molecular formula is C15H15NO3S. The Hall–Kier alpha value is -1.95. The van der Waals surface area contributed by atoms with Crippen molar-refractivity contribution in [1.29, 1.82) is 0 Å². The normalized spacial score (nSPS) is 12.3. The van der Waals surface area contributed by atoms with Gasteiger partial charge in [-0.05, 0) is 21.9 Å². The van der Waals surface area contributed by atoms with E-state index in [1.165, 1.54) is 5.48 Å². The fourth-order valence-electron chi connectivity index (χ4n) is 1.93. The van der Waals surface area contributed by atoms with Crippen LogP contribution in [0.4, 0.5) is 0 Å². The van der Waals surface area contributed by atoms with Gasteiger partial charge < -0.3 is 4.55 Å². The van der Waals surface area contributed by atoms with Gasteiger partial charge in [0.05, 0.1) is 10.6 Å². The number of hydrogen-bond donors (Lipinski definition) is 3. The van der Waals surface area contributed by atoms with E-state index in [-0.39, 0.29) is 5.25 Å². The average Bonchev–Trinajstić information content (AvgIpc) is 2.49. The smallest absolute Gasteiger partial charge is 0.275 e. The van der Waals surface area contributed by atoms with Crippen LogP contribution in [-0.2, 0) is 4.79 Å². The van der Waals surface area contributed by atoms with Crippen LogP contribution in [0.2, 0.25) is 0 Å². The molecule has 0 aliphatic carbocycles. The van der Waals surface area contributed by atoms with Gasteiger partial charge in [-0.25, -0.2) is 5.48 Å². The van der Waals surface area contributed by atoms with Crippen LogP contribution in [0, 0.1) is 0 Å². The molecule has 0 bridgehead atoms. The van der Waals surface area contributed by atoms with Crippen molar-refractivity contribution < 1.29 is 14.6 Å². The predicted molar refractivity (Wildman–Crippen MR) is 80.9 cm³/mol. The van der Waals surface area contributed by atoms with E-state index in [0.29, 0.717) is 0 Å². The van der Waals surface area contributed by atoms with Crippen molar-refractivity contribution in [1.82, 2.24) is 5.48 Å². The lowest BCUT2D eigenvalue weighted by molar-refractivity contribution is -0.121. The molecule has 2 rings (SSSR count). The van der Waals surface area contributed by atoms with Gasteiger partial charge in [0.15, 0.2) is 0 Å². The Morgan fingerprint density at radius 2 is 1.45 bits per heavy atom. The number of hydroxylamine groups is 1. The highest BCUT2D eigenvalue weighted by molar-refractivity contribution is 8.11. The molecule has 5 heteroatoms. The second-order valence-corrected chi connectivity index (χ2v) is 5.54. The molecule has 1 amide bonds. The van der Waals surface area contributed by atoms with E-state index in [2.05, 4.69) is 0 Å². The Bertz CT molecular complexity index is 560. The largest absolute Gasteiger partial charge is 0.336 e. The Morgan fingerprint density at radius 3 is 1.85 bits per heavy atom. The first-order chi connectivity index (χ1) is 9.72. The number of amides is 1. The minimum atomic E-state index is -1.34. The first-order valence-electron chi connectivity index (χ1n) is 6.02. The van der Waals surface area contributed by atoms with Gasteiger partial charge in [0, 0.05) is 0 Å². The molecule has 0 fully saturated rings. The number of carbonyl (C=O) groups is 1. The monoisotopic (exact) mass is 289 g/mol. The Balaban J connectivity index is 2.45. The molecule has 0 heterocycles. The van der Waals surface area contributed by atoms with Crippen LogP contribution >= 0.6 is 10.8 Å². The van der Waals surface area contributed by atoms with Gasteiger partial charge >= 0.3 is 0 Å². The van der Waals surface area contributed by atoms with Crippen molar-refractivity contribution >= 4 is 22.0 Å². The molecule has 0 aliphatic heterocycles. The first-order valence-corrected chi connectivity index (χ1v) is 7.33. The summed E-state index contributed by atoms with van der Waals surface area (Å²) in [6, 6.07) is 18.9. The second-order valence-electron chi connectivity index (χ2n) is 4.14. The summed E-state index contributed by atoms with van der Waals surface area (Å²) in [6.45, 7) is 0. The lowest BCUT2D eigenvalue weighted by Crippen LogP contribution is -2.20. The summed E-state index contributed by atoms with van der Waals surface area (Å²) in [4.78, 5) is 11.2. The van der Waals surface area contributed by atoms with Crippen molar-refractivity contribution in [3.8, 4) is 0 Å². The van der Waals surface area contributed by atoms with Crippen molar-refractivity contribution in [3.63, 3.8) is 0 Å². The molecule has 0 saturated carbocycles. The van der Waals surface area contributed by atoms with E-state index in [1.54, 1.807) is 0 Å². The van der Waals surface area contributed by atoms with Crippen LogP contribution in [-0.4, -0.2) is 21.0 Å². The SMILES string of the molecule is O=C(C=S(O)C(c1ccccc1)c1ccccc1)NO. The van der Waals surface area contributed by atoms with Crippen LogP contribution in [0.25, 0.3) is 0 Å². The second kappa shape index (κ2) is 7.00. The highest BCUT2D eigenvalue weighted by Gasteiger charge is 2.17. The third-order valence-electron chi connectivity index (χ3n) is 2.78. The molecule has 3 N–H and O–H groups in total. The minimum absolute atomic E-state index is 0.338. The fraction of sp³-hybridized carbons (Fsp3) is 0.0667. The average molecular weight is 289 g/mol. The molecule has 1 unspecified atom stereocenters. The van der Waals surface area contributed by atoms with E-state index in [4.69, 9.17) is 5.21 Å². The van der Waals surface area contributed by atoms with Crippen molar-refractivity contribution in [2.75, 3.05) is 0 Å². The fourth-order valence-corrected chi connectivity index (χ4v) is 3.21. The third-order valence-corrected chi connectivity index (χ3v) is 4.27. The molecule has 0 aliphatic rings. The van der Waals surface area contributed by atoms with E-state index >= 15 is 0 Å². The van der Waals surface area contributed by atoms with E-state index in [0.717, 1.165) is 16.5 Å². The summed E-state index contributed by atoms with van der Waals surface area (Å²) < 4.78 is 10.3. The lowest BCUT2D eigenvalue weighted by Gasteiger charge is -2.18. The number of nitrogens with one attached hydrogen (secondary N) is 1.